The fourth-order valence-corrected chi connectivity index (χ4v) is 2.77. The van der Waals surface area contributed by atoms with E-state index >= 15 is 0 Å². The number of nitrogens with two attached hydrogens (primary N) is 1. The first-order valence-electron chi connectivity index (χ1n) is 8.13. The summed E-state index contributed by atoms with van der Waals surface area (Å²) < 4.78 is 10.6. The van der Waals surface area contributed by atoms with E-state index in [0.29, 0.717) is 19.1 Å². The summed E-state index contributed by atoms with van der Waals surface area (Å²) in [6, 6.07) is 10.8. The summed E-state index contributed by atoms with van der Waals surface area (Å²) in [5.74, 6) is 0.462. The summed E-state index contributed by atoms with van der Waals surface area (Å²) in [6.07, 6.45) is 0. The Balaban J connectivity index is 2.02. The van der Waals surface area contributed by atoms with Crippen molar-refractivity contribution in [2.45, 2.75) is 19.0 Å². The Labute approximate surface area is 138 Å². The molecule has 23 heavy (non-hydrogen) atoms. The first-order valence-corrected chi connectivity index (χ1v) is 8.13. The van der Waals surface area contributed by atoms with Gasteiger partial charge in [0.05, 0.1) is 32.4 Å². The molecular formula is C17H28N4O2. The van der Waals surface area contributed by atoms with E-state index in [-0.39, 0.29) is 12.1 Å². The maximum Gasteiger partial charge on any atom is 0.188 e. The number of nitrogens with one attached hydrogen (secondary N) is 1. The lowest BCUT2D eigenvalue weighted by Crippen LogP contribution is -2.43. The van der Waals surface area contributed by atoms with Crippen LogP contribution in [0.25, 0.3) is 0 Å². The molecule has 0 saturated carbocycles. The van der Waals surface area contributed by atoms with Crippen LogP contribution in [0.4, 0.5) is 0 Å². The molecule has 1 aromatic carbocycles. The third-order valence-corrected chi connectivity index (χ3v) is 3.92. The minimum atomic E-state index is 0.141. The van der Waals surface area contributed by atoms with Gasteiger partial charge in [-0.05, 0) is 12.5 Å². The molecule has 2 rings (SSSR count). The number of hydrogen-bond acceptors (Lipinski definition) is 4. The molecule has 0 aliphatic carbocycles. The van der Waals surface area contributed by atoms with Crippen molar-refractivity contribution in [2.24, 2.45) is 10.7 Å². The van der Waals surface area contributed by atoms with Gasteiger partial charge in [0.2, 0.25) is 0 Å². The first-order chi connectivity index (χ1) is 11.2. The maximum absolute atomic E-state index is 6.00. The zero-order chi connectivity index (χ0) is 16.5. The number of morpholine rings is 1. The predicted molar refractivity (Wildman–Crippen MR) is 92.5 cm³/mol. The SMILES string of the molecule is COCC(C)NC(N)=NCC(c1ccccc1)N1CCOCC1. The molecule has 1 aromatic rings. The van der Waals surface area contributed by atoms with E-state index < -0.39 is 0 Å². The van der Waals surface area contributed by atoms with Crippen LogP contribution < -0.4 is 11.1 Å². The molecule has 128 valence electrons. The van der Waals surface area contributed by atoms with Crippen molar-refractivity contribution in [3.8, 4) is 0 Å². The number of rotatable bonds is 7. The summed E-state index contributed by atoms with van der Waals surface area (Å²) in [5.41, 5.74) is 7.26. The van der Waals surface area contributed by atoms with Crippen molar-refractivity contribution in [1.82, 2.24) is 10.2 Å². The molecule has 0 aromatic heterocycles. The molecule has 0 spiro atoms. The summed E-state index contributed by atoms with van der Waals surface area (Å²) >= 11 is 0. The minimum absolute atomic E-state index is 0.141. The second-order valence-electron chi connectivity index (χ2n) is 5.80. The zero-order valence-corrected chi connectivity index (χ0v) is 14.1. The molecule has 6 nitrogen and oxygen atoms in total. The number of aliphatic imine (C=N–C) groups is 1. The maximum atomic E-state index is 6.00. The molecule has 1 saturated heterocycles. The van der Waals surface area contributed by atoms with Gasteiger partial charge in [0, 0.05) is 26.2 Å². The van der Waals surface area contributed by atoms with E-state index in [9.17, 15) is 0 Å². The van der Waals surface area contributed by atoms with Crippen molar-refractivity contribution in [2.75, 3.05) is 46.6 Å². The largest absolute Gasteiger partial charge is 0.383 e. The fraction of sp³-hybridized carbons (Fsp3) is 0.588. The molecule has 2 atom stereocenters. The Hall–Kier alpha value is -1.63. The van der Waals surface area contributed by atoms with Gasteiger partial charge in [0.15, 0.2) is 5.96 Å². The lowest BCUT2D eigenvalue weighted by Gasteiger charge is -2.34. The number of hydrogen-bond donors (Lipinski definition) is 2. The van der Waals surface area contributed by atoms with E-state index in [4.69, 9.17) is 15.2 Å². The Morgan fingerprint density at radius 2 is 2.04 bits per heavy atom. The van der Waals surface area contributed by atoms with E-state index in [0.717, 1.165) is 26.3 Å². The Kier molecular flexibility index (Phi) is 7.32. The number of ether oxygens (including phenoxy) is 2. The molecule has 6 heteroatoms. The second kappa shape index (κ2) is 9.50. The molecule has 2 unspecified atom stereocenters. The number of guanidine groups is 1. The number of nitrogens with zero attached hydrogens (tertiary/aromatic N) is 2. The molecule has 1 aliphatic heterocycles. The number of methoxy groups -OCH3 is 1. The Morgan fingerprint density at radius 1 is 1.35 bits per heavy atom. The van der Waals surface area contributed by atoms with Gasteiger partial charge >= 0.3 is 0 Å². The summed E-state index contributed by atoms with van der Waals surface area (Å²) in [6.45, 7) is 6.62. The van der Waals surface area contributed by atoms with Crippen LogP contribution in [0.3, 0.4) is 0 Å². The fourth-order valence-electron chi connectivity index (χ4n) is 2.77. The van der Waals surface area contributed by atoms with Gasteiger partial charge in [-0.1, -0.05) is 30.3 Å². The molecule has 0 amide bonds. The highest BCUT2D eigenvalue weighted by atomic mass is 16.5. The van der Waals surface area contributed by atoms with Gasteiger partial charge in [0.1, 0.15) is 0 Å². The lowest BCUT2D eigenvalue weighted by atomic mass is 10.1. The highest BCUT2D eigenvalue weighted by Gasteiger charge is 2.22. The van der Waals surface area contributed by atoms with E-state index in [1.54, 1.807) is 7.11 Å². The van der Waals surface area contributed by atoms with Crippen LogP contribution in [0.1, 0.15) is 18.5 Å². The normalized spacial score (nSPS) is 19.3. The highest BCUT2D eigenvalue weighted by Crippen LogP contribution is 2.22. The molecule has 3 N–H and O–H groups in total. The monoisotopic (exact) mass is 320 g/mol. The molecule has 0 radical (unpaired) electrons. The smallest absolute Gasteiger partial charge is 0.188 e. The zero-order valence-electron chi connectivity index (χ0n) is 14.1. The van der Waals surface area contributed by atoms with Crippen LogP contribution in [0.15, 0.2) is 35.3 Å². The van der Waals surface area contributed by atoms with Crippen molar-refractivity contribution in [1.29, 1.82) is 0 Å². The van der Waals surface area contributed by atoms with Crippen LogP contribution in [-0.4, -0.2) is 63.5 Å². The van der Waals surface area contributed by atoms with Crippen LogP contribution in [-0.2, 0) is 9.47 Å². The van der Waals surface area contributed by atoms with Crippen LogP contribution in [0.5, 0.6) is 0 Å². The average molecular weight is 320 g/mol. The van der Waals surface area contributed by atoms with Gasteiger partial charge in [-0.25, -0.2) is 0 Å². The van der Waals surface area contributed by atoms with E-state index in [2.05, 4.69) is 39.5 Å². The third kappa shape index (κ3) is 5.82. The highest BCUT2D eigenvalue weighted by molar-refractivity contribution is 5.78. The van der Waals surface area contributed by atoms with E-state index in [1.807, 2.05) is 13.0 Å². The van der Waals surface area contributed by atoms with Gasteiger partial charge in [-0.2, -0.15) is 0 Å². The third-order valence-electron chi connectivity index (χ3n) is 3.92. The minimum Gasteiger partial charge on any atom is -0.383 e. The molecule has 1 heterocycles. The van der Waals surface area contributed by atoms with Crippen molar-refractivity contribution < 1.29 is 9.47 Å². The average Bonchev–Trinajstić information content (AvgIpc) is 2.57. The van der Waals surface area contributed by atoms with Gasteiger partial charge in [0.25, 0.3) is 0 Å². The standard InChI is InChI=1S/C17H28N4O2/c1-14(13-22-2)20-17(18)19-12-16(15-6-4-3-5-7-15)21-8-10-23-11-9-21/h3-7,14,16H,8-13H2,1-2H3,(H3,18,19,20). The van der Waals surface area contributed by atoms with Gasteiger partial charge < -0.3 is 20.5 Å². The number of benzene rings is 1. The Morgan fingerprint density at radius 3 is 2.70 bits per heavy atom. The molecular weight excluding hydrogens is 292 g/mol. The van der Waals surface area contributed by atoms with E-state index in [1.165, 1.54) is 5.56 Å². The molecule has 0 bridgehead atoms. The quantitative estimate of drug-likeness (QED) is 0.579. The van der Waals surface area contributed by atoms with Crippen LogP contribution in [0.2, 0.25) is 0 Å². The summed E-state index contributed by atoms with van der Waals surface area (Å²) in [7, 11) is 1.68. The second-order valence-corrected chi connectivity index (χ2v) is 5.80. The molecule has 1 aliphatic rings. The summed E-state index contributed by atoms with van der Waals surface area (Å²) in [5, 5.41) is 3.15. The van der Waals surface area contributed by atoms with Crippen molar-refractivity contribution in [3.63, 3.8) is 0 Å². The lowest BCUT2D eigenvalue weighted by molar-refractivity contribution is 0.0180. The van der Waals surface area contributed by atoms with Gasteiger partial charge in [-0.15, -0.1) is 0 Å². The van der Waals surface area contributed by atoms with Gasteiger partial charge in [-0.3, -0.25) is 9.89 Å². The Bertz CT molecular complexity index is 475. The van der Waals surface area contributed by atoms with Crippen LogP contribution in [0, 0.1) is 0 Å². The van der Waals surface area contributed by atoms with Crippen molar-refractivity contribution in [3.05, 3.63) is 35.9 Å². The predicted octanol–water partition coefficient (Wildman–Crippen LogP) is 0.999. The molecule has 1 fully saturated rings. The summed E-state index contributed by atoms with van der Waals surface area (Å²) in [4.78, 5) is 6.95. The first kappa shape index (κ1) is 17.7. The van der Waals surface area contributed by atoms with Crippen molar-refractivity contribution >= 4 is 5.96 Å². The van der Waals surface area contributed by atoms with Crippen LogP contribution >= 0.6 is 0 Å². The topological polar surface area (TPSA) is 72.1 Å².